The van der Waals surface area contributed by atoms with E-state index < -0.39 is 5.97 Å². The predicted octanol–water partition coefficient (Wildman–Crippen LogP) is 1.57. The van der Waals surface area contributed by atoms with Gasteiger partial charge in [0.25, 0.3) is 0 Å². The average Bonchev–Trinajstić information content (AvgIpc) is 2.73. The molecule has 0 radical (unpaired) electrons. The molecule has 0 atom stereocenters. The van der Waals surface area contributed by atoms with E-state index in [1.807, 2.05) is 0 Å². The number of aromatic nitrogens is 3. The molecule has 0 unspecified atom stereocenters. The first-order chi connectivity index (χ1) is 8.19. The SMILES string of the molecule is CCOC(=O)c1ccn2c(OC)nnc2c1Cl. The highest BCUT2D eigenvalue weighted by molar-refractivity contribution is 6.36. The lowest BCUT2D eigenvalue weighted by molar-refractivity contribution is 0.0526. The Morgan fingerprint density at radius 3 is 2.94 bits per heavy atom. The Bertz CT molecular complexity index is 567. The second-order valence-corrected chi connectivity index (χ2v) is 3.52. The molecule has 2 aromatic heterocycles. The zero-order chi connectivity index (χ0) is 12.4. The van der Waals surface area contributed by atoms with Crippen LogP contribution in [-0.4, -0.2) is 34.3 Å². The summed E-state index contributed by atoms with van der Waals surface area (Å²) in [5.41, 5.74) is 0.616. The lowest BCUT2D eigenvalue weighted by Crippen LogP contribution is -2.06. The monoisotopic (exact) mass is 255 g/mol. The molecular formula is C10H10ClN3O3. The third-order valence-electron chi connectivity index (χ3n) is 2.17. The number of ether oxygens (including phenoxy) is 2. The summed E-state index contributed by atoms with van der Waals surface area (Å²) >= 11 is 6.06. The van der Waals surface area contributed by atoms with Crippen LogP contribution >= 0.6 is 11.6 Å². The molecule has 0 bridgehead atoms. The predicted molar refractivity (Wildman–Crippen MR) is 60.5 cm³/mol. The smallest absolute Gasteiger partial charge is 0.339 e. The van der Waals surface area contributed by atoms with Gasteiger partial charge in [0.05, 0.1) is 19.3 Å². The number of esters is 1. The van der Waals surface area contributed by atoms with E-state index in [2.05, 4.69) is 10.2 Å². The van der Waals surface area contributed by atoms with Crippen LogP contribution in [0.2, 0.25) is 5.02 Å². The molecule has 90 valence electrons. The molecule has 0 amide bonds. The molecule has 2 aromatic rings. The molecule has 17 heavy (non-hydrogen) atoms. The second-order valence-electron chi connectivity index (χ2n) is 3.14. The highest BCUT2D eigenvalue weighted by atomic mass is 35.5. The normalized spacial score (nSPS) is 10.5. The van der Waals surface area contributed by atoms with Crippen LogP contribution in [0.25, 0.3) is 5.65 Å². The molecule has 0 aromatic carbocycles. The molecule has 0 spiro atoms. The number of fused-ring (bicyclic) bond motifs is 1. The van der Waals surface area contributed by atoms with Gasteiger partial charge in [-0.1, -0.05) is 16.7 Å². The fourth-order valence-corrected chi connectivity index (χ4v) is 1.68. The van der Waals surface area contributed by atoms with E-state index >= 15 is 0 Å². The summed E-state index contributed by atoms with van der Waals surface area (Å²) in [7, 11) is 1.48. The number of rotatable bonds is 3. The largest absolute Gasteiger partial charge is 0.467 e. The van der Waals surface area contributed by atoms with E-state index in [4.69, 9.17) is 21.1 Å². The maximum atomic E-state index is 11.6. The maximum Gasteiger partial charge on any atom is 0.339 e. The van der Waals surface area contributed by atoms with Crippen LogP contribution in [-0.2, 0) is 4.74 Å². The molecule has 0 saturated heterocycles. The van der Waals surface area contributed by atoms with Gasteiger partial charge in [-0.05, 0) is 13.0 Å². The number of halogens is 1. The number of pyridine rings is 1. The molecule has 6 nitrogen and oxygen atoms in total. The van der Waals surface area contributed by atoms with Crippen molar-refractivity contribution in [1.82, 2.24) is 14.6 Å². The van der Waals surface area contributed by atoms with Crippen molar-refractivity contribution in [3.8, 4) is 6.01 Å². The van der Waals surface area contributed by atoms with Crippen molar-refractivity contribution in [2.45, 2.75) is 6.92 Å². The summed E-state index contributed by atoms with van der Waals surface area (Å²) in [5.74, 6) is -0.484. The van der Waals surface area contributed by atoms with Gasteiger partial charge < -0.3 is 9.47 Å². The third-order valence-corrected chi connectivity index (χ3v) is 2.54. The number of hydrogen-bond acceptors (Lipinski definition) is 5. The minimum absolute atomic E-state index is 0.196. The topological polar surface area (TPSA) is 65.7 Å². The van der Waals surface area contributed by atoms with Crippen LogP contribution in [0.4, 0.5) is 0 Å². The van der Waals surface area contributed by atoms with Gasteiger partial charge in [0, 0.05) is 6.20 Å². The van der Waals surface area contributed by atoms with Crippen LogP contribution in [0.5, 0.6) is 6.01 Å². The molecule has 2 rings (SSSR count). The Kier molecular flexibility index (Phi) is 3.14. The number of carbonyl (C=O) groups excluding carboxylic acids is 1. The van der Waals surface area contributed by atoms with Crippen molar-refractivity contribution in [2.75, 3.05) is 13.7 Å². The van der Waals surface area contributed by atoms with E-state index in [0.29, 0.717) is 11.7 Å². The van der Waals surface area contributed by atoms with Crippen molar-refractivity contribution >= 4 is 23.2 Å². The molecule has 0 N–H and O–H groups in total. The van der Waals surface area contributed by atoms with Crippen molar-refractivity contribution in [2.24, 2.45) is 0 Å². The number of hydrogen-bond donors (Lipinski definition) is 0. The molecular weight excluding hydrogens is 246 g/mol. The Labute approximate surface area is 102 Å². The minimum atomic E-state index is -0.484. The Balaban J connectivity index is 2.54. The molecule has 0 aliphatic rings. The molecule has 2 heterocycles. The summed E-state index contributed by atoms with van der Waals surface area (Å²) in [6, 6.07) is 1.84. The fourth-order valence-electron chi connectivity index (χ4n) is 1.41. The fraction of sp³-hybridized carbons (Fsp3) is 0.300. The van der Waals surface area contributed by atoms with Gasteiger partial charge in [-0.15, -0.1) is 5.10 Å². The zero-order valence-corrected chi connectivity index (χ0v) is 10.1. The number of nitrogens with zero attached hydrogens (tertiary/aromatic N) is 3. The second kappa shape index (κ2) is 4.58. The molecule has 0 fully saturated rings. The van der Waals surface area contributed by atoms with Gasteiger partial charge in [-0.25, -0.2) is 4.79 Å². The maximum absolute atomic E-state index is 11.6. The van der Waals surface area contributed by atoms with Crippen LogP contribution in [0.15, 0.2) is 12.3 Å². The van der Waals surface area contributed by atoms with Crippen molar-refractivity contribution in [1.29, 1.82) is 0 Å². The lowest BCUT2D eigenvalue weighted by Gasteiger charge is -2.05. The van der Waals surface area contributed by atoms with Gasteiger partial charge in [0.1, 0.15) is 5.02 Å². The standard InChI is InChI=1S/C10H10ClN3O3/c1-3-17-9(15)6-4-5-14-8(7(6)11)12-13-10(14)16-2/h4-5H,3H2,1-2H3. The summed E-state index contributed by atoms with van der Waals surface area (Å²) in [5, 5.41) is 7.81. The van der Waals surface area contributed by atoms with Gasteiger partial charge >= 0.3 is 12.0 Å². The lowest BCUT2D eigenvalue weighted by atomic mass is 10.2. The van der Waals surface area contributed by atoms with Gasteiger partial charge in [0.2, 0.25) is 0 Å². The molecule has 0 saturated carbocycles. The first kappa shape index (κ1) is 11.7. The minimum Gasteiger partial charge on any atom is -0.467 e. The van der Waals surface area contributed by atoms with Gasteiger partial charge in [-0.3, -0.25) is 4.40 Å². The molecule has 0 aliphatic heterocycles. The number of methoxy groups -OCH3 is 1. The number of carbonyl (C=O) groups is 1. The first-order valence-electron chi connectivity index (χ1n) is 4.93. The first-order valence-corrected chi connectivity index (χ1v) is 5.31. The van der Waals surface area contributed by atoms with Crippen LogP contribution < -0.4 is 4.74 Å². The van der Waals surface area contributed by atoms with E-state index in [-0.39, 0.29) is 17.2 Å². The molecule has 7 heteroatoms. The van der Waals surface area contributed by atoms with Gasteiger partial charge in [-0.2, -0.15) is 0 Å². The van der Waals surface area contributed by atoms with Crippen molar-refractivity contribution < 1.29 is 14.3 Å². The van der Waals surface area contributed by atoms with E-state index in [0.717, 1.165) is 0 Å². The quantitative estimate of drug-likeness (QED) is 0.779. The van der Waals surface area contributed by atoms with Crippen LogP contribution in [0.3, 0.4) is 0 Å². The highest BCUT2D eigenvalue weighted by Crippen LogP contribution is 2.24. The van der Waals surface area contributed by atoms with E-state index in [9.17, 15) is 4.79 Å². The third kappa shape index (κ3) is 1.91. The Hall–Kier alpha value is -1.82. The summed E-state index contributed by atoms with van der Waals surface area (Å²) in [4.78, 5) is 11.6. The summed E-state index contributed by atoms with van der Waals surface area (Å²) in [6.45, 7) is 2.01. The Morgan fingerprint density at radius 2 is 2.29 bits per heavy atom. The van der Waals surface area contributed by atoms with Crippen molar-refractivity contribution in [3.05, 3.63) is 22.8 Å². The van der Waals surface area contributed by atoms with E-state index in [1.54, 1.807) is 23.6 Å². The summed E-state index contributed by atoms with van der Waals surface area (Å²) < 4.78 is 11.4. The van der Waals surface area contributed by atoms with Crippen molar-refractivity contribution in [3.63, 3.8) is 0 Å². The zero-order valence-electron chi connectivity index (χ0n) is 9.31. The summed E-state index contributed by atoms with van der Waals surface area (Å²) in [6.07, 6.45) is 1.60. The van der Waals surface area contributed by atoms with Crippen LogP contribution in [0.1, 0.15) is 17.3 Å². The highest BCUT2D eigenvalue weighted by Gasteiger charge is 2.17. The van der Waals surface area contributed by atoms with E-state index in [1.165, 1.54) is 7.11 Å². The Morgan fingerprint density at radius 1 is 1.53 bits per heavy atom. The van der Waals surface area contributed by atoms with Crippen LogP contribution in [0, 0.1) is 0 Å². The molecule has 0 aliphatic carbocycles. The van der Waals surface area contributed by atoms with Gasteiger partial charge in [0.15, 0.2) is 5.65 Å². The average molecular weight is 256 g/mol.